The number of amides is 4. The number of para-hydroxylation sites is 1. The van der Waals surface area contributed by atoms with Crippen LogP contribution in [0, 0.1) is 0 Å². The number of carbonyl (C=O) groups is 3. The summed E-state index contributed by atoms with van der Waals surface area (Å²) in [6.07, 6.45) is 1.16. The number of nitrogens with zero attached hydrogens (tertiary/aromatic N) is 3. The lowest BCUT2D eigenvalue weighted by Gasteiger charge is -2.36. The van der Waals surface area contributed by atoms with Crippen molar-refractivity contribution in [2.45, 2.75) is 25.3 Å². The van der Waals surface area contributed by atoms with Crippen LogP contribution >= 0.6 is 0 Å². The lowest BCUT2D eigenvalue weighted by atomic mass is 9.93. The van der Waals surface area contributed by atoms with E-state index >= 15 is 0 Å². The Kier molecular flexibility index (Phi) is 5.93. The van der Waals surface area contributed by atoms with E-state index in [-0.39, 0.29) is 18.4 Å². The van der Waals surface area contributed by atoms with Gasteiger partial charge in [0.2, 0.25) is 5.91 Å². The van der Waals surface area contributed by atoms with Crippen molar-refractivity contribution in [2.24, 2.45) is 0 Å². The minimum atomic E-state index is -0.987. The zero-order valence-electron chi connectivity index (χ0n) is 17.8. The molecule has 1 atom stereocenters. The molecule has 7 nitrogen and oxygen atoms in total. The smallest absolute Gasteiger partial charge is 0.325 e. The summed E-state index contributed by atoms with van der Waals surface area (Å²) in [6.45, 7) is 4.12. The fourth-order valence-corrected chi connectivity index (χ4v) is 4.19. The highest BCUT2D eigenvalue weighted by Gasteiger charge is 2.48. The van der Waals surface area contributed by atoms with Crippen LogP contribution in [-0.4, -0.2) is 65.9 Å². The summed E-state index contributed by atoms with van der Waals surface area (Å²) in [5, 5.41) is 2.80. The Morgan fingerprint density at radius 3 is 2.19 bits per heavy atom. The summed E-state index contributed by atoms with van der Waals surface area (Å²) in [7, 11) is 0. The van der Waals surface area contributed by atoms with Crippen molar-refractivity contribution in [3.8, 4) is 0 Å². The normalized spacial score (nSPS) is 21.4. The Morgan fingerprint density at radius 1 is 0.935 bits per heavy atom. The number of imide groups is 1. The number of anilines is 1. The fraction of sp³-hybridized carbons (Fsp3) is 0.375. The molecule has 1 N–H and O–H groups in total. The highest BCUT2D eigenvalue weighted by Crippen LogP contribution is 2.24. The van der Waals surface area contributed by atoms with Gasteiger partial charge >= 0.3 is 6.03 Å². The molecule has 0 aromatic heterocycles. The largest absolute Gasteiger partial charge is 0.368 e. The summed E-state index contributed by atoms with van der Waals surface area (Å²) in [4.78, 5) is 43.3. The first-order chi connectivity index (χ1) is 15.0. The van der Waals surface area contributed by atoms with Gasteiger partial charge in [0.05, 0.1) is 0 Å². The van der Waals surface area contributed by atoms with E-state index in [1.165, 1.54) is 0 Å². The molecule has 2 saturated heterocycles. The van der Waals surface area contributed by atoms with Gasteiger partial charge in [-0.3, -0.25) is 14.5 Å². The number of urea groups is 1. The highest BCUT2D eigenvalue weighted by atomic mass is 16.2. The van der Waals surface area contributed by atoms with Gasteiger partial charge in [-0.1, -0.05) is 48.5 Å². The van der Waals surface area contributed by atoms with E-state index in [4.69, 9.17) is 0 Å². The van der Waals surface area contributed by atoms with Gasteiger partial charge in [-0.15, -0.1) is 0 Å². The van der Waals surface area contributed by atoms with E-state index in [0.29, 0.717) is 25.9 Å². The average molecular weight is 421 g/mol. The van der Waals surface area contributed by atoms with Gasteiger partial charge in [-0.05, 0) is 37.5 Å². The molecule has 0 aliphatic carbocycles. The molecule has 4 amide bonds. The average Bonchev–Trinajstić information content (AvgIpc) is 3.02. The van der Waals surface area contributed by atoms with Crippen LogP contribution in [0.4, 0.5) is 10.5 Å². The van der Waals surface area contributed by atoms with Gasteiger partial charge in [0.25, 0.3) is 5.91 Å². The van der Waals surface area contributed by atoms with Crippen molar-refractivity contribution < 1.29 is 14.4 Å². The second-order valence-electron chi connectivity index (χ2n) is 8.34. The predicted molar refractivity (Wildman–Crippen MR) is 119 cm³/mol. The van der Waals surface area contributed by atoms with Gasteiger partial charge in [-0.2, -0.15) is 0 Å². The number of piperazine rings is 1. The van der Waals surface area contributed by atoms with E-state index in [0.717, 1.165) is 29.2 Å². The second-order valence-corrected chi connectivity index (χ2v) is 8.34. The third-order valence-electron chi connectivity index (χ3n) is 6.15. The lowest BCUT2D eigenvalue weighted by Crippen LogP contribution is -2.52. The van der Waals surface area contributed by atoms with E-state index in [2.05, 4.69) is 22.3 Å². The predicted octanol–water partition coefficient (Wildman–Crippen LogP) is 2.28. The van der Waals surface area contributed by atoms with E-state index in [1.807, 2.05) is 48.5 Å². The molecular formula is C24H28N4O3. The Morgan fingerprint density at radius 2 is 1.55 bits per heavy atom. The number of benzene rings is 2. The van der Waals surface area contributed by atoms with Crippen LogP contribution < -0.4 is 10.2 Å². The van der Waals surface area contributed by atoms with Crippen LogP contribution in [0.25, 0.3) is 0 Å². The van der Waals surface area contributed by atoms with Crippen LogP contribution in [-0.2, 0) is 16.0 Å². The minimum absolute atomic E-state index is 0.191. The Labute approximate surface area is 182 Å². The topological polar surface area (TPSA) is 73.0 Å². The Bertz CT molecular complexity index is 942. The molecule has 2 aliphatic rings. The molecule has 0 radical (unpaired) electrons. The first-order valence-corrected chi connectivity index (χ1v) is 10.7. The zero-order valence-corrected chi connectivity index (χ0v) is 17.8. The van der Waals surface area contributed by atoms with Crippen molar-refractivity contribution in [1.82, 2.24) is 15.1 Å². The van der Waals surface area contributed by atoms with Gasteiger partial charge < -0.3 is 15.1 Å². The van der Waals surface area contributed by atoms with Crippen LogP contribution in [0.15, 0.2) is 60.7 Å². The third-order valence-corrected chi connectivity index (χ3v) is 6.15. The van der Waals surface area contributed by atoms with Crippen LogP contribution in [0.3, 0.4) is 0 Å². The lowest BCUT2D eigenvalue weighted by molar-refractivity contribution is -0.139. The number of rotatable bonds is 6. The molecule has 162 valence electrons. The van der Waals surface area contributed by atoms with Crippen LogP contribution in [0.2, 0.25) is 0 Å². The summed E-state index contributed by atoms with van der Waals surface area (Å²) in [5.74, 6) is -0.520. The van der Waals surface area contributed by atoms with Crippen molar-refractivity contribution in [1.29, 1.82) is 0 Å². The Balaban J connectivity index is 1.32. The summed E-state index contributed by atoms with van der Waals surface area (Å²) >= 11 is 0. The highest BCUT2D eigenvalue weighted by molar-refractivity contribution is 6.08. The van der Waals surface area contributed by atoms with Crippen molar-refractivity contribution in [3.05, 3.63) is 66.2 Å². The molecule has 31 heavy (non-hydrogen) atoms. The quantitative estimate of drug-likeness (QED) is 0.728. The standard InChI is InChI=1S/C24H28N4O3/c1-24(13-12-19-8-4-2-5-9-19)22(30)28(23(31)25-24)18-21(29)27-16-14-26(15-17-27)20-10-6-3-7-11-20/h2-11H,12-18H2,1H3,(H,25,31). The molecule has 2 heterocycles. The van der Waals surface area contributed by atoms with Crippen LogP contribution in [0.5, 0.6) is 0 Å². The molecule has 2 aromatic rings. The summed E-state index contributed by atoms with van der Waals surface area (Å²) in [6, 6.07) is 19.5. The van der Waals surface area contributed by atoms with Gasteiger partial charge in [0, 0.05) is 31.9 Å². The van der Waals surface area contributed by atoms with Gasteiger partial charge in [-0.25, -0.2) is 4.79 Å². The number of aryl methyl sites for hydroxylation is 1. The van der Waals surface area contributed by atoms with Crippen molar-refractivity contribution in [3.63, 3.8) is 0 Å². The molecule has 7 heteroatoms. The summed E-state index contributed by atoms with van der Waals surface area (Å²) < 4.78 is 0. The van der Waals surface area contributed by atoms with Crippen molar-refractivity contribution >= 4 is 23.5 Å². The third kappa shape index (κ3) is 4.55. The monoisotopic (exact) mass is 420 g/mol. The van der Waals surface area contributed by atoms with Crippen LogP contribution in [0.1, 0.15) is 18.9 Å². The minimum Gasteiger partial charge on any atom is -0.368 e. The number of hydrogen-bond donors (Lipinski definition) is 1. The second kappa shape index (κ2) is 8.79. The maximum atomic E-state index is 13.0. The Hall–Kier alpha value is -3.35. The number of nitrogens with one attached hydrogen (secondary N) is 1. The van der Waals surface area contributed by atoms with E-state index in [9.17, 15) is 14.4 Å². The van der Waals surface area contributed by atoms with Gasteiger partial charge in [0.15, 0.2) is 0 Å². The van der Waals surface area contributed by atoms with E-state index < -0.39 is 11.6 Å². The summed E-state index contributed by atoms with van der Waals surface area (Å²) in [5.41, 5.74) is 1.26. The molecule has 2 fully saturated rings. The molecule has 1 unspecified atom stereocenters. The van der Waals surface area contributed by atoms with Gasteiger partial charge in [0.1, 0.15) is 12.1 Å². The molecule has 2 aromatic carbocycles. The number of carbonyl (C=O) groups excluding carboxylic acids is 3. The maximum Gasteiger partial charge on any atom is 0.325 e. The zero-order chi connectivity index (χ0) is 21.8. The number of hydrogen-bond acceptors (Lipinski definition) is 4. The molecular weight excluding hydrogens is 392 g/mol. The first kappa shape index (κ1) is 20.9. The molecule has 0 bridgehead atoms. The molecule has 0 saturated carbocycles. The molecule has 4 rings (SSSR count). The maximum absolute atomic E-state index is 13.0. The van der Waals surface area contributed by atoms with Crippen molar-refractivity contribution in [2.75, 3.05) is 37.6 Å². The fourth-order valence-electron chi connectivity index (χ4n) is 4.19. The molecule has 0 spiro atoms. The molecule has 2 aliphatic heterocycles. The SMILES string of the molecule is CC1(CCc2ccccc2)NC(=O)N(CC(=O)N2CCN(c3ccccc3)CC2)C1=O. The first-order valence-electron chi connectivity index (χ1n) is 10.7. The van der Waals surface area contributed by atoms with E-state index in [1.54, 1.807) is 11.8 Å².